The molecule has 0 spiro atoms. The number of aliphatic imine (C=N–C) groups is 1. The molecule has 0 saturated heterocycles. The summed E-state index contributed by atoms with van der Waals surface area (Å²) in [6.07, 6.45) is -2.55. The van der Waals surface area contributed by atoms with Crippen molar-refractivity contribution in [2.24, 2.45) is 4.99 Å². The summed E-state index contributed by atoms with van der Waals surface area (Å²) in [5, 5.41) is 7.89. The molecule has 1 heterocycles. The number of nitrogens with one attached hydrogen (secondary N) is 3. The molecule has 0 bridgehead atoms. The quantitative estimate of drug-likeness (QED) is 0.633. The summed E-state index contributed by atoms with van der Waals surface area (Å²) in [4.78, 5) is 16.7. The fourth-order valence-corrected chi connectivity index (χ4v) is 2.72. The maximum atomic E-state index is 13.6. The van der Waals surface area contributed by atoms with Gasteiger partial charge in [0.25, 0.3) is 0 Å². The Hall–Kier alpha value is -2.71. The van der Waals surface area contributed by atoms with Crippen LogP contribution in [0.3, 0.4) is 0 Å². The lowest BCUT2D eigenvalue weighted by Gasteiger charge is -2.28. The number of fused-ring (bicyclic) bond motifs is 1. The predicted octanol–water partition coefficient (Wildman–Crippen LogP) is 3.12. The Balaban J connectivity index is 2.27. The third kappa shape index (κ3) is 5.15. The molecule has 0 aromatic heterocycles. The number of benzene rings is 1. The maximum absolute atomic E-state index is 13.6. The van der Waals surface area contributed by atoms with Gasteiger partial charge in [-0.2, -0.15) is 13.2 Å². The van der Waals surface area contributed by atoms with Gasteiger partial charge in [-0.3, -0.25) is 9.69 Å². The first-order valence-electron chi connectivity index (χ1n) is 8.67. The molecule has 0 aliphatic carbocycles. The van der Waals surface area contributed by atoms with Gasteiger partial charge in [0.1, 0.15) is 0 Å². The van der Waals surface area contributed by atoms with E-state index in [2.05, 4.69) is 20.9 Å². The van der Waals surface area contributed by atoms with E-state index < -0.39 is 12.3 Å². The minimum Gasteiger partial charge on any atom is -0.391 e. The zero-order valence-electron chi connectivity index (χ0n) is 15.5. The predicted molar refractivity (Wildman–Crippen MR) is 101 cm³/mol. The highest BCUT2D eigenvalue weighted by molar-refractivity contribution is 5.81. The van der Waals surface area contributed by atoms with E-state index in [0.717, 1.165) is 16.9 Å². The largest absolute Gasteiger partial charge is 0.427 e. The number of alkyl halides is 3. The van der Waals surface area contributed by atoms with Crippen molar-refractivity contribution in [3.05, 3.63) is 35.8 Å². The second kappa shape index (κ2) is 8.79. The summed E-state index contributed by atoms with van der Waals surface area (Å²) < 4.78 is 40.8. The second-order valence-electron chi connectivity index (χ2n) is 6.14. The summed E-state index contributed by atoms with van der Waals surface area (Å²) in [7, 11) is 1.58. The molecule has 1 aromatic carbocycles. The van der Waals surface area contributed by atoms with Crippen molar-refractivity contribution >= 4 is 23.5 Å². The lowest BCUT2D eigenvalue weighted by atomic mass is 10.2. The van der Waals surface area contributed by atoms with Crippen molar-refractivity contribution in [1.82, 2.24) is 10.6 Å². The minimum absolute atomic E-state index is 0.0830. The molecule has 1 amide bonds. The Morgan fingerprint density at radius 2 is 2.15 bits per heavy atom. The summed E-state index contributed by atoms with van der Waals surface area (Å²) in [5.41, 5.74) is 1.63. The van der Waals surface area contributed by atoms with Gasteiger partial charge >= 0.3 is 6.18 Å². The van der Waals surface area contributed by atoms with Crippen LogP contribution in [0.2, 0.25) is 0 Å². The molecule has 6 nitrogen and oxygen atoms in total. The van der Waals surface area contributed by atoms with Gasteiger partial charge in [0, 0.05) is 25.9 Å². The van der Waals surface area contributed by atoms with Gasteiger partial charge in [0.05, 0.1) is 17.9 Å². The van der Waals surface area contributed by atoms with Crippen LogP contribution in [0, 0.1) is 6.92 Å². The number of amides is 1. The smallest absolute Gasteiger partial charge is 0.391 e. The Kier molecular flexibility index (Phi) is 6.70. The summed E-state index contributed by atoms with van der Waals surface area (Å²) in [6.45, 7) is 3.84. The molecule has 0 radical (unpaired) electrons. The van der Waals surface area contributed by atoms with Crippen LogP contribution in [0.1, 0.15) is 25.3 Å². The van der Waals surface area contributed by atoms with Crippen LogP contribution in [-0.4, -0.2) is 38.1 Å². The Morgan fingerprint density at radius 3 is 2.78 bits per heavy atom. The van der Waals surface area contributed by atoms with Gasteiger partial charge in [-0.1, -0.05) is 13.0 Å². The second-order valence-corrected chi connectivity index (χ2v) is 6.14. The van der Waals surface area contributed by atoms with Crippen molar-refractivity contribution in [3.63, 3.8) is 0 Å². The molecule has 1 aliphatic rings. The molecule has 1 unspecified atom stereocenters. The van der Waals surface area contributed by atoms with Gasteiger partial charge < -0.3 is 16.0 Å². The molecule has 1 aromatic rings. The molecule has 27 heavy (non-hydrogen) atoms. The summed E-state index contributed by atoms with van der Waals surface area (Å²) in [5.74, 6) is -0.0420. The van der Waals surface area contributed by atoms with E-state index in [-0.39, 0.29) is 18.3 Å². The molecular formula is C18H24F3N5O. The SMILES string of the molecule is CCCC(=O)NC/C=N\C(=C/NC)N1c2ccc(C)cc2NC1C(F)(F)F. The number of aryl methyl sites for hydroxylation is 1. The number of halogens is 3. The van der Waals surface area contributed by atoms with E-state index in [9.17, 15) is 18.0 Å². The summed E-state index contributed by atoms with van der Waals surface area (Å²) >= 11 is 0. The van der Waals surface area contributed by atoms with Crippen molar-refractivity contribution in [1.29, 1.82) is 0 Å². The zero-order valence-corrected chi connectivity index (χ0v) is 15.5. The lowest BCUT2D eigenvalue weighted by Crippen LogP contribution is -2.46. The van der Waals surface area contributed by atoms with Crippen molar-refractivity contribution in [2.75, 3.05) is 23.8 Å². The third-order valence-corrected chi connectivity index (χ3v) is 3.88. The molecule has 3 N–H and O–H groups in total. The first kappa shape index (κ1) is 20.6. The number of hydrogen-bond acceptors (Lipinski definition) is 5. The van der Waals surface area contributed by atoms with Crippen molar-refractivity contribution < 1.29 is 18.0 Å². The first-order chi connectivity index (χ1) is 12.8. The Bertz CT molecular complexity index is 730. The number of nitrogens with zero attached hydrogens (tertiary/aromatic N) is 2. The molecule has 0 fully saturated rings. The van der Waals surface area contributed by atoms with Crippen LogP contribution in [0.15, 0.2) is 35.2 Å². The average molecular weight is 383 g/mol. The number of carbonyl (C=O) groups excluding carboxylic acids is 1. The van der Waals surface area contributed by atoms with E-state index in [4.69, 9.17) is 0 Å². The standard InChI is InChI=1S/C18H24F3N5O/c1-4-5-16(27)24-9-8-23-15(11-22-3)26-14-7-6-12(2)10-13(14)25-17(26)18(19,20)21/h6-8,10-11,17,22,25H,4-5,9H2,1-3H3,(H,24,27)/b15-11+,23-8-. The zero-order chi connectivity index (χ0) is 20.0. The Morgan fingerprint density at radius 1 is 1.41 bits per heavy atom. The Labute approximate surface area is 156 Å². The number of hydrogen-bond donors (Lipinski definition) is 3. The topological polar surface area (TPSA) is 68.8 Å². The van der Waals surface area contributed by atoms with Crippen molar-refractivity contribution in [3.8, 4) is 0 Å². The molecule has 1 aliphatic heterocycles. The van der Waals surface area contributed by atoms with E-state index in [1.807, 2.05) is 13.8 Å². The van der Waals surface area contributed by atoms with Crippen LogP contribution in [0.4, 0.5) is 24.5 Å². The normalized spacial score (nSPS) is 17.0. The van der Waals surface area contributed by atoms with E-state index >= 15 is 0 Å². The highest BCUT2D eigenvalue weighted by Crippen LogP contribution is 2.43. The monoisotopic (exact) mass is 383 g/mol. The first-order valence-corrected chi connectivity index (χ1v) is 8.67. The van der Waals surface area contributed by atoms with E-state index in [0.29, 0.717) is 17.8 Å². The van der Waals surface area contributed by atoms with E-state index in [1.54, 1.807) is 25.2 Å². The van der Waals surface area contributed by atoms with Crippen LogP contribution in [0.5, 0.6) is 0 Å². The number of carbonyl (C=O) groups is 1. The van der Waals surface area contributed by atoms with E-state index in [1.165, 1.54) is 12.4 Å². The molecule has 1 atom stereocenters. The van der Waals surface area contributed by atoms with Crippen LogP contribution in [0.25, 0.3) is 0 Å². The maximum Gasteiger partial charge on any atom is 0.427 e. The fourth-order valence-electron chi connectivity index (χ4n) is 2.72. The fraction of sp³-hybridized carbons (Fsp3) is 0.444. The molecule has 9 heteroatoms. The van der Waals surface area contributed by atoms with Gasteiger partial charge in [-0.15, -0.1) is 0 Å². The third-order valence-electron chi connectivity index (χ3n) is 3.88. The number of rotatable bonds is 7. The highest BCUT2D eigenvalue weighted by Gasteiger charge is 2.49. The molecular weight excluding hydrogens is 359 g/mol. The average Bonchev–Trinajstić information content (AvgIpc) is 2.96. The molecule has 2 rings (SSSR count). The molecule has 148 valence electrons. The van der Waals surface area contributed by atoms with Gasteiger partial charge in [0.15, 0.2) is 5.82 Å². The van der Waals surface area contributed by atoms with Crippen LogP contribution < -0.4 is 20.9 Å². The van der Waals surface area contributed by atoms with Crippen molar-refractivity contribution in [2.45, 2.75) is 39.0 Å². The highest BCUT2D eigenvalue weighted by atomic mass is 19.4. The van der Waals surface area contributed by atoms with Gasteiger partial charge in [-0.25, -0.2) is 4.99 Å². The van der Waals surface area contributed by atoms with Crippen LogP contribution >= 0.6 is 0 Å². The summed E-state index contributed by atoms with van der Waals surface area (Å²) in [6, 6.07) is 5.04. The lowest BCUT2D eigenvalue weighted by molar-refractivity contribution is -0.140. The molecule has 0 saturated carbocycles. The van der Waals surface area contributed by atoms with Gasteiger partial charge in [0.2, 0.25) is 12.1 Å². The van der Waals surface area contributed by atoms with Crippen LogP contribution in [-0.2, 0) is 4.79 Å². The minimum atomic E-state index is -4.51. The number of anilines is 2. The van der Waals surface area contributed by atoms with Gasteiger partial charge in [-0.05, 0) is 31.0 Å².